The van der Waals surface area contributed by atoms with Gasteiger partial charge in [0.1, 0.15) is 5.82 Å². The average Bonchev–Trinajstić information content (AvgIpc) is 3.19. The number of nitrogens with one attached hydrogen (secondary N) is 2. The number of aromatic nitrogens is 2. The third kappa shape index (κ3) is 3.26. The number of nitrogens with zero attached hydrogens (tertiary/aromatic N) is 3. The maximum atomic E-state index is 12.2. The third-order valence-corrected chi connectivity index (χ3v) is 4.37. The van der Waals surface area contributed by atoms with Crippen molar-refractivity contribution in [2.75, 3.05) is 25.5 Å². The number of likely N-dealkylation sites (N-methyl/N-ethyl adjacent to an activating group) is 1. The minimum Gasteiger partial charge on any atom is -0.333 e. The van der Waals surface area contributed by atoms with Crippen LogP contribution in [0.2, 0.25) is 0 Å². The lowest BCUT2D eigenvalue weighted by Crippen LogP contribution is -2.36. The second-order valence-electron chi connectivity index (χ2n) is 5.19. The summed E-state index contributed by atoms with van der Waals surface area (Å²) in [6, 6.07) is 5.94. The highest BCUT2D eigenvalue weighted by Gasteiger charge is 2.30. The number of amides is 1. The number of likely N-dealkylation sites (tertiary alicyclic amines) is 1. The molecule has 1 aliphatic rings. The van der Waals surface area contributed by atoms with Crippen molar-refractivity contribution in [1.82, 2.24) is 20.2 Å². The van der Waals surface area contributed by atoms with Gasteiger partial charge in [-0.15, -0.1) is 11.3 Å². The number of pyridine rings is 1. The number of anilines is 2. The second-order valence-corrected chi connectivity index (χ2v) is 6.08. The molecule has 1 unspecified atom stereocenters. The van der Waals surface area contributed by atoms with E-state index in [0.29, 0.717) is 6.54 Å². The third-order valence-electron chi connectivity index (χ3n) is 3.68. The number of hydrogen-bond acceptors (Lipinski definition) is 6. The fourth-order valence-corrected chi connectivity index (χ4v) is 3.26. The van der Waals surface area contributed by atoms with Gasteiger partial charge in [0.05, 0.1) is 18.3 Å². The van der Waals surface area contributed by atoms with Gasteiger partial charge in [-0.3, -0.25) is 4.79 Å². The number of hydrogen-bond donors (Lipinski definition) is 2. The van der Waals surface area contributed by atoms with Gasteiger partial charge in [-0.25, -0.2) is 9.97 Å². The van der Waals surface area contributed by atoms with Crippen LogP contribution in [0.3, 0.4) is 0 Å². The van der Waals surface area contributed by atoms with E-state index in [-0.39, 0.29) is 11.9 Å². The first-order chi connectivity index (χ1) is 10.8. The largest absolute Gasteiger partial charge is 0.333 e. The van der Waals surface area contributed by atoms with Gasteiger partial charge in [-0.1, -0.05) is 6.07 Å². The SMILES string of the molecule is CNCC(=O)N1CCCC1c1cccc(Nc2nccs2)n1. The fourth-order valence-electron chi connectivity index (χ4n) is 2.73. The second kappa shape index (κ2) is 6.85. The molecule has 0 bridgehead atoms. The molecule has 2 aromatic heterocycles. The molecule has 1 amide bonds. The van der Waals surface area contributed by atoms with Gasteiger partial charge in [0, 0.05) is 18.1 Å². The molecule has 116 valence electrons. The van der Waals surface area contributed by atoms with Crippen molar-refractivity contribution in [2.24, 2.45) is 0 Å². The quantitative estimate of drug-likeness (QED) is 0.884. The van der Waals surface area contributed by atoms with Crippen LogP contribution in [0, 0.1) is 0 Å². The number of carbonyl (C=O) groups is 1. The molecule has 7 heteroatoms. The van der Waals surface area contributed by atoms with Crippen molar-refractivity contribution < 1.29 is 4.79 Å². The van der Waals surface area contributed by atoms with Gasteiger partial charge in [0.15, 0.2) is 5.13 Å². The van der Waals surface area contributed by atoms with Crippen LogP contribution in [0.4, 0.5) is 10.9 Å². The van der Waals surface area contributed by atoms with Crippen molar-refractivity contribution in [3.63, 3.8) is 0 Å². The molecule has 0 radical (unpaired) electrons. The normalized spacial score (nSPS) is 17.7. The molecule has 1 atom stereocenters. The number of rotatable bonds is 5. The molecule has 3 rings (SSSR count). The zero-order chi connectivity index (χ0) is 15.4. The first-order valence-corrected chi connectivity index (χ1v) is 8.23. The maximum absolute atomic E-state index is 12.2. The predicted octanol–water partition coefficient (Wildman–Crippen LogP) is 2.16. The molecule has 0 spiro atoms. The highest BCUT2D eigenvalue weighted by Crippen LogP contribution is 2.31. The van der Waals surface area contributed by atoms with Crippen LogP contribution >= 0.6 is 11.3 Å². The zero-order valence-corrected chi connectivity index (χ0v) is 13.3. The molecule has 2 aromatic rings. The fraction of sp³-hybridized carbons (Fsp3) is 0.400. The van der Waals surface area contributed by atoms with Gasteiger partial charge in [-0.05, 0) is 32.0 Å². The van der Waals surface area contributed by atoms with Crippen molar-refractivity contribution in [3.05, 3.63) is 35.5 Å². The molecule has 22 heavy (non-hydrogen) atoms. The monoisotopic (exact) mass is 317 g/mol. The summed E-state index contributed by atoms with van der Waals surface area (Å²) in [5, 5.41) is 8.86. The molecular weight excluding hydrogens is 298 g/mol. The molecule has 2 N–H and O–H groups in total. The summed E-state index contributed by atoms with van der Waals surface area (Å²) in [5.74, 6) is 0.894. The van der Waals surface area contributed by atoms with Crippen molar-refractivity contribution in [3.8, 4) is 0 Å². The van der Waals surface area contributed by atoms with Crippen LogP contribution in [0.25, 0.3) is 0 Å². The maximum Gasteiger partial charge on any atom is 0.237 e. The number of carbonyl (C=O) groups excluding carboxylic acids is 1. The van der Waals surface area contributed by atoms with Crippen LogP contribution in [0.1, 0.15) is 24.6 Å². The highest BCUT2D eigenvalue weighted by molar-refractivity contribution is 7.13. The van der Waals surface area contributed by atoms with E-state index in [9.17, 15) is 4.79 Å². The van der Waals surface area contributed by atoms with E-state index in [1.54, 1.807) is 13.2 Å². The van der Waals surface area contributed by atoms with Crippen molar-refractivity contribution in [1.29, 1.82) is 0 Å². The van der Waals surface area contributed by atoms with E-state index in [1.165, 1.54) is 11.3 Å². The molecule has 3 heterocycles. The first kappa shape index (κ1) is 14.9. The van der Waals surface area contributed by atoms with Crippen LogP contribution in [0.5, 0.6) is 0 Å². The van der Waals surface area contributed by atoms with E-state index >= 15 is 0 Å². The van der Waals surface area contributed by atoms with Crippen molar-refractivity contribution >= 4 is 28.2 Å². The minimum absolute atomic E-state index is 0.0684. The van der Waals surface area contributed by atoms with E-state index in [0.717, 1.165) is 36.0 Å². The predicted molar refractivity (Wildman–Crippen MR) is 87.2 cm³/mol. The van der Waals surface area contributed by atoms with E-state index < -0.39 is 0 Å². The van der Waals surface area contributed by atoms with E-state index in [2.05, 4.69) is 20.6 Å². The Kier molecular flexibility index (Phi) is 4.65. The molecule has 1 aliphatic heterocycles. The van der Waals surface area contributed by atoms with Crippen molar-refractivity contribution in [2.45, 2.75) is 18.9 Å². The smallest absolute Gasteiger partial charge is 0.237 e. The van der Waals surface area contributed by atoms with Gasteiger partial charge >= 0.3 is 0 Å². The summed E-state index contributed by atoms with van der Waals surface area (Å²) >= 11 is 1.53. The molecule has 0 aromatic carbocycles. The minimum atomic E-state index is 0.0684. The number of thiazole rings is 1. The summed E-state index contributed by atoms with van der Waals surface area (Å²) in [4.78, 5) is 23.0. The molecule has 0 aliphatic carbocycles. The Balaban J connectivity index is 1.77. The first-order valence-electron chi connectivity index (χ1n) is 7.35. The van der Waals surface area contributed by atoms with Crippen LogP contribution < -0.4 is 10.6 Å². The Bertz CT molecular complexity index is 631. The average molecular weight is 317 g/mol. The highest BCUT2D eigenvalue weighted by atomic mass is 32.1. The Morgan fingerprint density at radius 1 is 1.50 bits per heavy atom. The summed E-state index contributed by atoms with van der Waals surface area (Å²) in [6.07, 6.45) is 3.74. The molecule has 1 fully saturated rings. The van der Waals surface area contributed by atoms with Crippen LogP contribution in [-0.4, -0.2) is 40.9 Å². The zero-order valence-electron chi connectivity index (χ0n) is 12.5. The molecule has 6 nitrogen and oxygen atoms in total. The van der Waals surface area contributed by atoms with Crippen LogP contribution in [0.15, 0.2) is 29.8 Å². The van der Waals surface area contributed by atoms with E-state index in [1.807, 2.05) is 28.5 Å². The Morgan fingerprint density at radius 3 is 3.18 bits per heavy atom. The molecular formula is C15H19N5OS. The lowest BCUT2D eigenvalue weighted by Gasteiger charge is -2.24. The van der Waals surface area contributed by atoms with Gasteiger partial charge in [-0.2, -0.15) is 0 Å². The summed E-state index contributed by atoms with van der Waals surface area (Å²) in [7, 11) is 1.79. The van der Waals surface area contributed by atoms with E-state index in [4.69, 9.17) is 0 Å². The Labute approximate surface area is 133 Å². The Morgan fingerprint density at radius 2 is 2.41 bits per heavy atom. The van der Waals surface area contributed by atoms with Gasteiger partial charge in [0.2, 0.25) is 5.91 Å². The summed E-state index contributed by atoms with van der Waals surface area (Å²) < 4.78 is 0. The van der Waals surface area contributed by atoms with Gasteiger partial charge in [0.25, 0.3) is 0 Å². The topological polar surface area (TPSA) is 70.2 Å². The molecule has 1 saturated heterocycles. The lowest BCUT2D eigenvalue weighted by molar-refractivity contribution is -0.131. The summed E-state index contributed by atoms with van der Waals surface area (Å²) in [6.45, 7) is 1.17. The van der Waals surface area contributed by atoms with Crippen LogP contribution in [-0.2, 0) is 4.79 Å². The Hall–Kier alpha value is -1.99. The summed E-state index contributed by atoms with van der Waals surface area (Å²) in [5.41, 5.74) is 0.934. The molecule has 0 saturated carbocycles. The standard InChI is InChI=1S/C15H19N5OS/c1-16-10-14(21)20-8-3-5-12(20)11-4-2-6-13(18-11)19-15-17-7-9-22-15/h2,4,6-7,9,12,16H,3,5,8,10H2,1H3,(H,17,18,19). The van der Waals surface area contributed by atoms with Gasteiger partial charge < -0.3 is 15.5 Å². The lowest BCUT2D eigenvalue weighted by atomic mass is 10.1.